The topological polar surface area (TPSA) is 58.9 Å². The van der Waals surface area contributed by atoms with Gasteiger partial charge in [0.2, 0.25) is 0 Å². The largest absolute Gasteiger partial charge is 0.497 e. The smallest absolute Gasteiger partial charge is 0.123 e. The van der Waals surface area contributed by atoms with Gasteiger partial charge in [-0.15, -0.1) is 0 Å². The fraction of sp³-hybridized carbons (Fsp3) is 0.500. The first-order valence-corrected chi connectivity index (χ1v) is 5.85. The van der Waals surface area contributed by atoms with E-state index < -0.39 is 6.10 Å². The van der Waals surface area contributed by atoms with Crippen LogP contribution in [0, 0.1) is 6.61 Å². The van der Waals surface area contributed by atoms with Crippen LogP contribution in [0.2, 0.25) is 0 Å². The number of ether oxygens (including phenoxy) is 2. The molecule has 0 saturated heterocycles. The van der Waals surface area contributed by atoms with Gasteiger partial charge in [-0.2, -0.15) is 0 Å². The van der Waals surface area contributed by atoms with Crippen molar-refractivity contribution in [1.82, 2.24) is 0 Å². The Balaban J connectivity index is 2.96. The Morgan fingerprint density at radius 1 is 1.33 bits per heavy atom. The molecule has 1 unspecified atom stereocenters. The zero-order valence-electron chi connectivity index (χ0n) is 11.3. The van der Waals surface area contributed by atoms with Gasteiger partial charge in [0.15, 0.2) is 0 Å². The highest BCUT2D eigenvalue weighted by Gasteiger charge is 2.20. The van der Waals surface area contributed by atoms with Crippen LogP contribution in [0.15, 0.2) is 18.2 Å². The van der Waals surface area contributed by atoms with Gasteiger partial charge in [-0.05, 0) is 23.6 Å². The Kier molecular flexibility index (Phi) is 4.99. The van der Waals surface area contributed by atoms with Crippen LogP contribution in [0.3, 0.4) is 0 Å². The third-order valence-electron chi connectivity index (χ3n) is 2.58. The first-order chi connectivity index (χ1) is 8.38. The van der Waals surface area contributed by atoms with Crippen LogP contribution < -0.4 is 9.47 Å². The molecule has 0 fully saturated rings. The number of aliphatic hydroxyl groups is 2. The Morgan fingerprint density at radius 2 is 2.00 bits per heavy atom. The second-order valence-electron chi connectivity index (χ2n) is 5.14. The van der Waals surface area contributed by atoms with Crippen molar-refractivity contribution in [3.8, 4) is 11.5 Å². The lowest BCUT2D eigenvalue weighted by atomic mass is 9.86. The van der Waals surface area contributed by atoms with Crippen LogP contribution in [0.1, 0.15) is 26.3 Å². The molecule has 1 radical (unpaired) electrons. The van der Waals surface area contributed by atoms with Crippen LogP contribution in [-0.2, 0) is 5.41 Å². The number of hydrogen-bond acceptors (Lipinski definition) is 4. The van der Waals surface area contributed by atoms with E-state index in [1.54, 1.807) is 13.2 Å². The van der Waals surface area contributed by atoms with Gasteiger partial charge >= 0.3 is 0 Å². The van der Waals surface area contributed by atoms with Crippen molar-refractivity contribution in [3.63, 3.8) is 0 Å². The van der Waals surface area contributed by atoms with Crippen molar-refractivity contribution < 1.29 is 19.7 Å². The maximum atomic E-state index is 9.26. The molecular formula is C14H21O4. The predicted molar refractivity (Wildman–Crippen MR) is 69.4 cm³/mol. The molecule has 0 aromatic heterocycles. The van der Waals surface area contributed by atoms with Crippen LogP contribution in [0.4, 0.5) is 0 Å². The molecule has 1 rings (SSSR count). The van der Waals surface area contributed by atoms with Gasteiger partial charge < -0.3 is 19.7 Å². The average molecular weight is 253 g/mol. The normalized spacial score (nSPS) is 13.2. The average Bonchev–Trinajstić information content (AvgIpc) is 2.34. The first kappa shape index (κ1) is 14.8. The third-order valence-corrected chi connectivity index (χ3v) is 2.58. The number of hydrogen-bond donors (Lipinski definition) is 2. The molecule has 4 nitrogen and oxygen atoms in total. The lowest BCUT2D eigenvalue weighted by molar-refractivity contribution is 0.0906. The van der Waals surface area contributed by atoms with Crippen molar-refractivity contribution in [2.24, 2.45) is 0 Å². The van der Waals surface area contributed by atoms with Crippen LogP contribution in [-0.4, -0.2) is 30.0 Å². The fourth-order valence-electron chi connectivity index (χ4n) is 1.57. The Hall–Kier alpha value is -1.26. The van der Waals surface area contributed by atoms with E-state index >= 15 is 0 Å². The summed E-state index contributed by atoms with van der Waals surface area (Å²) in [4.78, 5) is 0. The van der Waals surface area contributed by atoms with E-state index in [0.717, 1.165) is 11.3 Å². The van der Waals surface area contributed by atoms with Gasteiger partial charge in [0.05, 0.1) is 7.11 Å². The van der Waals surface area contributed by atoms with Crippen molar-refractivity contribution in [2.45, 2.75) is 32.3 Å². The minimum absolute atomic E-state index is 0.0198. The monoisotopic (exact) mass is 253 g/mol. The minimum atomic E-state index is -0.986. The Bertz CT molecular complexity index is 382. The molecule has 1 atom stereocenters. The van der Waals surface area contributed by atoms with E-state index in [9.17, 15) is 5.11 Å². The molecule has 0 aliphatic rings. The summed E-state index contributed by atoms with van der Waals surface area (Å²) in [6.45, 7) is 6.95. The maximum absolute atomic E-state index is 9.26. The van der Waals surface area contributed by atoms with Gasteiger partial charge in [-0.25, -0.2) is 0 Å². The van der Waals surface area contributed by atoms with Crippen LogP contribution >= 0.6 is 0 Å². The molecule has 1 aromatic rings. The van der Waals surface area contributed by atoms with Crippen LogP contribution in [0.25, 0.3) is 0 Å². The number of benzene rings is 1. The number of aliphatic hydroxyl groups excluding tert-OH is 2. The standard InChI is InChI=1S/C14H21O4/c1-14(2,3)12-7-11(17-4)5-6-13(12)18-9-10(16)8-15/h5-8,10,15-16H,9H2,1-4H3. The van der Waals surface area contributed by atoms with Crippen molar-refractivity contribution >= 4 is 0 Å². The van der Waals surface area contributed by atoms with Gasteiger partial charge in [-0.3, -0.25) is 0 Å². The zero-order chi connectivity index (χ0) is 13.8. The molecule has 4 heteroatoms. The van der Waals surface area contributed by atoms with Crippen LogP contribution in [0.5, 0.6) is 11.5 Å². The van der Waals surface area contributed by atoms with Gasteiger partial charge in [0.25, 0.3) is 0 Å². The Morgan fingerprint density at radius 3 is 2.50 bits per heavy atom. The third kappa shape index (κ3) is 3.89. The molecule has 0 spiro atoms. The zero-order valence-corrected chi connectivity index (χ0v) is 11.3. The first-order valence-electron chi connectivity index (χ1n) is 5.85. The quantitative estimate of drug-likeness (QED) is 0.845. The number of rotatable bonds is 5. The summed E-state index contributed by atoms with van der Waals surface area (Å²) in [6, 6.07) is 5.54. The summed E-state index contributed by atoms with van der Waals surface area (Å²) in [5.74, 6) is 1.45. The summed E-state index contributed by atoms with van der Waals surface area (Å²) in [6.07, 6.45) is -0.986. The van der Waals surface area contributed by atoms with E-state index in [4.69, 9.17) is 14.6 Å². The summed E-state index contributed by atoms with van der Waals surface area (Å²) in [5.41, 5.74) is 0.893. The lowest BCUT2D eigenvalue weighted by Gasteiger charge is -2.24. The highest BCUT2D eigenvalue weighted by atomic mass is 16.5. The van der Waals surface area contributed by atoms with Gasteiger partial charge in [0, 0.05) is 5.56 Å². The van der Waals surface area contributed by atoms with E-state index in [0.29, 0.717) is 12.4 Å². The second-order valence-corrected chi connectivity index (χ2v) is 5.14. The molecule has 18 heavy (non-hydrogen) atoms. The summed E-state index contributed by atoms with van der Waals surface area (Å²) < 4.78 is 10.7. The highest BCUT2D eigenvalue weighted by molar-refractivity contribution is 5.44. The fourth-order valence-corrected chi connectivity index (χ4v) is 1.57. The van der Waals surface area contributed by atoms with Crippen molar-refractivity contribution in [1.29, 1.82) is 0 Å². The number of methoxy groups -OCH3 is 1. The highest BCUT2D eigenvalue weighted by Crippen LogP contribution is 2.34. The van der Waals surface area contributed by atoms with E-state index in [-0.39, 0.29) is 12.0 Å². The molecule has 0 aliphatic heterocycles. The van der Waals surface area contributed by atoms with Gasteiger partial charge in [-0.1, -0.05) is 20.8 Å². The molecule has 0 amide bonds. The molecule has 0 saturated carbocycles. The molecule has 0 heterocycles. The SMILES string of the molecule is COc1ccc(OCC(O)[CH]O)c(C(C)(C)C)c1. The lowest BCUT2D eigenvalue weighted by Crippen LogP contribution is -2.20. The summed E-state index contributed by atoms with van der Waals surface area (Å²) >= 11 is 0. The van der Waals surface area contributed by atoms with E-state index in [2.05, 4.69) is 20.8 Å². The summed E-state index contributed by atoms with van der Waals surface area (Å²) in [7, 11) is 1.62. The molecule has 2 N–H and O–H groups in total. The van der Waals surface area contributed by atoms with E-state index in [1.807, 2.05) is 12.1 Å². The van der Waals surface area contributed by atoms with Crippen molar-refractivity contribution in [2.75, 3.05) is 13.7 Å². The van der Waals surface area contributed by atoms with Gasteiger partial charge in [0.1, 0.15) is 30.8 Å². The maximum Gasteiger partial charge on any atom is 0.123 e. The second kappa shape index (κ2) is 6.07. The molecule has 1 aromatic carbocycles. The summed E-state index contributed by atoms with van der Waals surface area (Å²) in [5, 5.41) is 17.9. The molecule has 101 valence electrons. The predicted octanol–water partition coefficient (Wildman–Crippen LogP) is 2.27. The Labute approximate surface area is 108 Å². The van der Waals surface area contributed by atoms with E-state index in [1.165, 1.54) is 0 Å². The molecular weight excluding hydrogens is 232 g/mol. The minimum Gasteiger partial charge on any atom is -0.497 e. The molecule has 0 bridgehead atoms. The van der Waals surface area contributed by atoms with Crippen molar-refractivity contribution in [3.05, 3.63) is 30.4 Å². The molecule has 0 aliphatic carbocycles.